The number of carboxylic acid groups (broad SMARTS) is 2. The Labute approximate surface area is 434 Å². The molecule has 0 spiro atoms. The van der Waals surface area contributed by atoms with Gasteiger partial charge in [0.2, 0.25) is 23.6 Å². The highest BCUT2D eigenvalue weighted by molar-refractivity contribution is 5.97. The maximum Gasteiger partial charge on any atom is 0.430 e. The molecule has 4 bridgehead atoms. The number of benzene rings is 4. The molecule has 4 aromatic carbocycles. The quantitative estimate of drug-likeness (QED) is 0.0504. The number of rotatable bonds is 21. The van der Waals surface area contributed by atoms with Crippen molar-refractivity contribution in [1.29, 1.82) is 0 Å². The van der Waals surface area contributed by atoms with Crippen molar-refractivity contribution >= 4 is 41.5 Å². The molecule has 1 aliphatic heterocycles. The number of carbonyl (C=O) groups is 7. The van der Waals surface area contributed by atoms with E-state index in [4.69, 9.17) is 9.90 Å². The minimum absolute atomic E-state index is 0.0145. The van der Waals surface area contributed by atoms with Crippen LogP contribution in [-0.4, -0.2) is 106 Å². The zero-order chi connectivity index (χ0) is 55.4. The zero-order valence-corrected chi connectivity index (χ0v) is 42.8. The largest absolute Gasteiger partial charge is 0.542 e. The molecular formula is C55H69F3N6O11. The van der Waals surface area contributed by atoms with Gasteiger partial charge in [0.15, 0.2) is 0 Å². The highest BCUT2D eigenvalue weighted by Crippen LogP contribution is 2.39. The van der Waals surface area contributed by atoms with Crippen molar-refractivity contribution in [3.8, 4) is 33.8 Å². The number of hydrogen-bond acceptors (Lipinski definition) is 10. The number of nitrogens with one attached hydrogen (secondary N) is 4. The number of hydrogen-bond donors (Lipinski definition) is 8. The maximum atomic E-state index is 14.5. The lowest BCUT2D eigenvalue weighted by Gasteiger charge is -2.32. The number of quaternary nitrogens is 1. The van der Waals surface area contributed by atoms with E-state index in [2.05, 4.69) is 58.2 Å². The van der Waals surface area contributed by atoms with Crippen LogP contribution in [-0.2, 0) is 41.6 Å². The summed E-state index contributed by atoms with van der Waals surface area (Å²) in [6.07, 6.45) is 5.84. The summed E-state index contributed by atoms with van der Waals surface area (Å²) in [4.78, 5) is 90.8. The van der Waals surface area contributed by atoms with Crippen LogP contribution < -0.4 is 32.1 Å². The first-order valence-electron chi connectivity index (χ1n) is 25.2. The number of phenols is 2. The van der Waals surface area contributed by atoms with Crippen molar-refractivity contribution in [2.45, 2.75) is 135 Å². The van der Waals surface area contributed by atoms with Crippen molar-refractivity contribution < 1.29 is 72.9 Å². The first-order valence-corrected chi connectivity index (χ1v) is 25.2. The molecule has 0 saturated carbocycles. The van der Waals surface area contributed by atoms with Gasteiger partial charge in [-0.15, -0.1) is 0 Å². The average Bonchev–Trinajstić information content (AvgIpc) is 3.36. The first-order chi connectivity index (χ1) is 35.6. The van der Waals surface area contributed by atoms with Gasteiger partial charge in [-0.3, -0.25) is 24.0 Å². The molecule has 406 valence electrons. The Hall–Kier alpha value is -7.48. The lowest BCUT2D eigenvalue weighted by Crippen LogP contribution is -2.55. The molecule has 0 aliphatic carbocycles. The zero-order valence-electron chi connectivity index (χ0n) is 42.8. The predicted molar refractivity (Wildman–Crippen MR) is 271 cm³/mol. The maximum absolute atomic E-state index is 14.5. The SMILES string of the molecule is CCCCCCCCCc1ccc(-c2ccc(C(=O)NCCC(=O)N[C@@H](CCCC[NH3+])C(=O)N(C)[C@@H]3C(=O)N[C@@H](C)C(=O)N[C@H](C(=O)O)Cc4ccc(O)c(c4)-c4cc3ccc4O)cc2C)cc1.O=C([O-])C(F)(F)F. The van der Waals surface area contributed by atoms with Crippen LogP contribution in [0.3, 0.4) is 0 Å². The number of fused-ring (bicyclic) bond motifs is 5. The van der Waals surface area contributed by atoms with Crippen LogP contribution in [0.1, 0.15) is 123 Å². The number of carbonyl (C=O) groups excluding carboxylic acids is 6. The second-order valence-electron chi connectivity index (χ2n) is 18.7. The second-order valence-corrected chi connectivity index (χ2v) is 18.7. The molecule has 75 heavy (non-hydrogen) atoms. The normalized spacial score (nSPS) is 15.9. The number of unbranched alkanes of at least 4 members (excludes halogenated alkanes) is 7. The van der Waals surface area contributed by atoms with Crippen LogP contribution >= 0.6 is 0 Å². The fraction of sp³-hybridized carbons (Fsp3) is 0.436. The topological polar surface area (TPSA) is 282 Å². The highest BCUT2D eigenvalue weighted by Gasteiger charge is 2.36. The van der Waals surface area contributed by atoms with Crippen LogP contribution in [0.25, 0.3) is 22.3 Å². The van der Waals surface area contributed by atoms with E-state index in [0.717, 1.165) is 28.0 Å². The van der Waals surface area contributed by atoms with E-state index in [0.29, 0.717) is 30.5 Å². The smallest absolute Gasteiger partial charge is 0.430 e. The summed E-state index contributed by atoms with van der Waals surface area (Å²) >= 11 is 0. The molecule has 1 aliphatic rings. The van der Waals surface area contributed by atoms with E-state index >= 15 is 0 Å². The fourth-order valence-electron chi connectivity index (χ4n) is 8.59. The summed E-state index contributed by atoms with van der Waals surface area (Å²) in [7, 11) is 1.38. The number of amides is 5. The summed E-state index contributed by atoms with van der Waals surface area (Å²) in [6, 6.07) is 17.5. The number of likely N-dealkylation sites (N-methyl/N-ethyl adjacent to an activating group) is 1. The Morgan fingerprint density at radius 3 is 2.05 bits per heavy atom. The first kappa shape index (κ1) is 60.1. The van der Waals surface area contributed by atoms with Crippen LogP contribution in [0.4, 0.5) is 13.2 Å². The third-order valence-corrected chi connectivity index (χ3v) is 12.8. The van der Waals surface area contributed by atoms with Crippen molar-refractivity contribution in [2.24, 2.45) is 0 Å². The lowest BCUT2D eigenvalue weighted by atomic mass is 9.93. The summed E-state index contributed by atoms with van der Waals surface area (Å²) in [5.41, 5.74) is 9.55. The van der Waals surface area contributed by atoms with Gasteiger partial charge in [0.1, 0.15) is 41.6 Å². The number of halogens is 3. The third kappa shape index (κ3) is 18.1. The van der Waals surface area contributed by atoms with Gasteiger partial charge in [0.25, 0.3) is 5.91 Å². The van der Waals surface area contributed by atoms with Gasteiger partial charge < -0.3 is 57.1 Å². The molecule has 0 aromatic heterocycles. The van der Waals surface area contributed by atoms with E-state index in [1.54, 1.807) is 6.07 Å². The standard InChI is InChI=1S/C53H68N6O9.C2HF3O2/c1-5-6-7-8-9-10-11-14-35-16-19-37(20-17-35)40-23-21-39(29-33(40)2)50(64)55-28-26-47(62)57-43(15-12-13-27-54)52(66)59(4)48-38-22-25-46(61)42(32-38)41-30-36(18-24-45(41)60)31-44(53(67)68)58-49(63)34(3)56-51(48)65;3-2(4,5)1(6)7/h16-25,29-30,32,34,43-44,48,60-61H,5-15,26-28,31,54H2,1-4H3,(H,55,64)(H,56,65)(H,57,62)(H,58,63)(H,67,68);(H,6,7)/t34-,43-,44-,48-;/m0./s1. The third-order valence-electron chi connectivity index (χ3n) is 12.8. The summed E-state index contributed by atoms with van der Waals surface area (Å²) in [5, 5.41) is 51.3. The molecule has 0 unspecified atom stereocenters. The minimum Gasteiger partial charge on any atom is -0.542 e. The molecule has 5 rings (SSSR count). The summed E-state index contributed by atoms with van der Waals surface area (Å²) in [6.45, 7) is 6.14. The van der Waals surface area contributed by atoms with E-state index in [1.807, 2.05) is 19.1 Å². The number of carboxylic acids is 2. The molecule has 20 heteroatoms. The number of aryl methyl sites for hydroxylation is 2. The van der Waals surface area contributed by atoms with Crippen molar-refractivity contribution in [3.05, 3.63) is 107 Å². The van der Waals surface area contributed by atoms with Gasteiger partial charge in [-0.05, 0) is 116 Å². The second kappa shape index (κ2) is 28.8. The lowest BCUT2D eigenvalue weighted by molar-refractivity contribution is -0.368. The Bertz CT molecular complexity index is 2630. The van der Waals surface area contributed by atoms with Crippen molar-refractivity contribution in [2.75, 3.05) is 20.1 Å². The fourth-order valence-corrected chi connectivity index (χ4v) is 8.59. The van der Waals surface area contributed by atoms with Gasteiger partial charge in [0.05, 0.1) is 6.54 Å². The Kier molecular flexibility index (Phi) is 23.1. The molecule has 0 radical (unpaired) electrons. The molecule has 0 saturated heterocycles. The number of aromatic hydroxyl groups is 2. The molecule has 5 amide bonds. The van der Waals surface area contributed by atoms with Gasteiger partial charge in [-0.25, -0.2) is 4.79 Å². The Morgan fingerprint density at radius 2 is 1.44 bits per heavy atom. The molecule has 1 heterocycles. The monoisotopic (exact) mass is 1050 g/mol. The highest BCUT2D eigenvalue weighted by atomic mass is 19.4. The molecule has 4 aromatic rings. The number of phenolic OH excluding ortho intramolecular Hbond substituents is 2. The Morgan fingerprint density at radius 1 is 0.813 bits per heavy atom. The molecule has 4 atom stereocenters. The van der Waals surface area contributed by atoms with Crippen LogP contribution in [0.2, 0.25) is 0 Å². The molecule has 17 nitrogen and oxygen atoms in total. The predicted octanol–water partition coefficient (Wildman–Crippen LogP) is 5.18. The Balaban J connectivity index is 0.00000162. The van der Waals surface area contributed by atoms with Crippen LogP contribution in [0, 0.1) is 6.92 Å². The number of alkyl halides is 3. The summed E-state index contributed by atoms with van der Waals surface area (Å²) < 4.78 is 31.5. The van der Waals surface area contributed by atoms with Crippen LogP contribution in [0.15, 0.2) is 78.9 Å². The van der Waals surface area contributed by atoms with Gasteiger partial charge >= 0.3 is 12.1 Å². The molecule has 10 N–H and O–H groups in total. The van der Waals surface area contributed by atoms with Crippen molar-refractivity contribution in [1.82, 2.24) is 26.2 Å². The van der Waals surface area contributed by atoms with Gasteiger partial charge in [0, 0.05) is 43.1 Å². The van der Waals surface area contributed by atoms with Gasteiger partial charge in [-0.1, -0.05) is 87.9 Å². The van der Waals surface area contributed by atoms with E-state index < -0.39 is 65.9 Å². The molecular weight excluding hydrogens is 978 g/mol. The number of aliphatic carboxylic acids is 2. The summed E-state index contributed by atoms with van der Waals surface area (Å²) in [5.74, 6) is -7.92. The minimum atomic E-state index is -5.19. The molecule has 0 fully saturated rings. The average molecular weight is 1050 g/mol. The van der Waals surface area contributed by atoms with Crippen LogP contribution in [0.5, 0.6) is 11.5 Å². The van der Waals surface area contributed by atoms with Crippen molar-refractivity contribution in [3.63, 3.8) is 0 Å². The van der Waals surface area contributed by atoms with E-state index in [9.17, 15) is 57.3 Å². The van der Waals surface area contributed by atoms with E-state index in [1.165, 1.54) is 101 Å². The van der Waals surface area contributed by atoms with E-state index in [-0.39, 0.29) is 59.9 Å². The number of nitrogens with zero attached hydrogens (tertiary/aromatic N) is 1. The van der Waals surface area contributed by atoms with Gasteiger partial charge in [-0.2, -0.15) is 13.2 Å².